The highest BCUT2D eigenvalue weighted by Gasteiger charge is 2.34. The summed E-state index contributed by atoms with van der Waals surface area (Å²) in [7, 11) is 0. The quantitative estimate of drug-likeness (QED) is 0.566. The molecule has 0 radical (unpaired) electrons. The standard InChI is InChI=1S/C27H35N7O/c1-19(2)31-9-6-20(7-10-31)26-28-16-23(17-29-26)22-15-25-24(5-8-30-34(25)18-22)32-11-13-33(14-12-32)27(35)21-3-4-21/h5,8,15-21H,3-4,6-7,9-14H2,1-2H3. The molecule has 0 spiro atoms. The van der Waals surface area contributed by atoms with E-state index in [9.17, 15) is 4.79 Å². The normalized spacial score (nSPS) is 20.2. The molecule has 0 aromatic carbocycles. The number of piperidine rings is 1. The minimum atomic E-state index is 0.295. The first-order valence-corrected chi connectivity index (χ1v) is 13.1. The van der Waals surface area contributed by atoms with E-state index < -0.39 is 0 Å². The molecule has 1 aliphatic carbocycles. The molecule has 8 heteroatoms. The number of aromatic nitrogens is 4. The van der Waals surface area contributed by atoms with Crippen molar-refractivity contribution in [1.82, 2.24) is 29.4 Å². The zero-order valence-electron chi connectivity index (χ0n) is 20.8. The van der Waals surface area contributed by atoms with E-state index in [2.05, 4.69) is 47.1 Å². The summed E-state index contributed by atoms with van der Waals surface area (Å²) in [5.41, 5.74) is 4.34. The first kappa shape index (κ1) is 22.5. The predicted octanol–water partition coefficient (Wildman–Crippen LogP) is 3.44. The van der Waals surface area contributed by atoms with Crippen LogP contribution in [0.2, 0.25) is 0 Å². The molecule has 3 aliphatic rings. The van der Waals surface area contributed by atoms with Crippen LogP contribution in [0.25, 0.3) is 16.6 Å². The minimum absolute atomic E-state index is 0.295. The monoisotopic (exact) mass is 473 g/mol. The number of carbonyl (C=O) groups excluding carboxylic acids is 1. The zero-order valence-corrected chi connectivity index (χ0v) is 20.8. The fourth-order valence-electron chi connectivity index (χ4n) is 5.55. The van der Waals surface area contributed by atoms with Crippen molar-refractivity contribution in [3.8, 4) is 11.1 Å². The molecule has 6 rings (SSSR count). The van der Waals surface area contributed by atoms with Gasteiger partial charge < -0.3 is 14.7 Å². The number of hydrogen-bond acceptors (Lipinski definition) is 6. The summed E-state index contributed by atoms with van der Waals surface area (Å²) >= 11 is 0. The Morgan fingerprint density at radius 2 is 1.66 bits per heavy atom. The van der Waals surface area contributed by atoms with Gasteiger partial charge in [0.25, 0.3) is 0 Å². The number of piperazine rings is 1. The number of anilines is 1. The summed E-state index contributed by atoms with van der Waals surface area (Å²) in [5, 5.41) is 4.55. The molecule has 1 amide bonds. The molecule has 8 nitrogen and oxygen atoms in total. The number of hydrogen-bond donors (Lipinski definition) is 0. The lowest BCUT2D eigenvalue weighted by atomic mass is 9.95. The second-order valence-corrected chi connectivity index (χ2v) is 10.6. The van der Waals surface area contributed by atoms with E-state index in [1.807, 2.05) is 28.0 Å². The van der Waals surface area contributed by atoms with Crippen LogP contribution >= 0.6 is 0 Å². The van der Waals surface area contributed by atoms with E-state index >= 15 is 0 Å². The van der Waals surface area contributed by atoms with E-state index in [-0.39, 0.29) is 0 Å². The third-order valence-electron chi connectivity index (χ3n) is 7.98. The number of nitrogens with zero attached hydrogens (tertiary/aromatic N) is 7. The maximum Gasteiger partial charge on any atom is 0.225 e. The number of rotatable bonds is 5. The van der Waals surface area contributed by atoms with E-state index in [4.69, 9.17) is 9.97 Å². The molecule has 0 bridgehead atoms. The van der Waals surface area contributed by atoms with Crippen LogP contribution in [0, 0.1) is 5.92 Å². The van der Waals surface area contributed by atoms with Crippen LogP contribution in [0.15, 0.2) is 36.9 Å². The van der Waals surface area contributed by atoms with Gasteiger partial charge in [0.15, 0.2) is 0 Å². The lowest BCUT2D eigenvalue weighted by molar-refractivity contribution is -0.132. The van der Waals surface area contributed by atoms with Crippen LogP contribution < -0.4 is 4.90 Å². The SMILES string of the molecule is CC(C)N1CCC(c2ncc(-c3cc4c(N5CCN(C(=O)C6CC6)CC5)ccnn4c3)cn2)CC1. The average Bonchev–Trinajstić information content (AvgIpc) is 3.66. The third kappa shape index (κ3) is 4.51. The highest BCUT2D eigenvalue weighted by atomic mass is 16.2. The Balaban J connectivity index is 1.16. The molecule has 1 saturated carbocycles. The number of amides is 1. The fraction of sp³-hybridized carbons (Fsp3) is 0.556. The molecule has 0 N–H and O–H groups in total. The predicted molar refractivity (Wildman–Crippen MR) is 136 cm³/mol. The topological polar surface area (TPSA) is 69.9 Å². The van der Waals surface area contributed by atoms with Crippen LogP contribution in [-0.2, 0) is 4.79 Å². The molecular formula is C27H35N7O. The Bertz CT molecular complexity index is 1180. The van der Waals surface area contributed by atoms with Crippen molar-refractivity contribution < 1.29 is 4.79 Å². The maximum atomic E-state index is 12.4. The van der Waals surface area contributed by atoms with E-state index in [1.54, 1.807) is 0 Å². The van der Waals surface area contributed by atoms with Gasteiger partial charge in [0.05, 0.1) is 11.2 Å². The number of fused-ring (bicyclic) bond motifs is 1. The summed E-state index contributed by atoms with van der Waals surface area (Å²) in [4.78, 5) is 28.9. The Labute approximate surface area is 206 Å². The van der Waals surface area contributed by atoms with Gasteiger partial charge in [-0.3, -0.25) is 4.79 Å². The van der Waals surface area contributed by atoms with Crippen LogP contribution in [0.4, 0.5) is 5.69 Å². The first-order chi connectivity index (χ1) is 17.1. The molecule has 0 unspecified atom stereocenters. The highest BCUT2D eigenvalue weighted by molar-refractivity contribution is 5.82. The molecule has 2 saturated heterocycles. The minimum Gasteiger partial charge on any atom is -0.366 e. The fourth-order valence-corrected chi connectivity index (χ4v) is 5.55. The molecule has 2 aliphatic heterocycles. The van der Waals surface area contributed by atoms with Gasteiger partial charge in [-0.2, -0.15) is 5.10 Å². The molecule has 184 valence electrons. The second-order valence-electron chi connectivity index (χ2n) is 10.6. The van der Waals surface area contributed by atoms with Gasteiger partial charge in [0.1, 0.15) is 5.82 Å². The third-order valence-corrected chi connectivity index (χ3v) is 7.98. The van der Waals surface area contributed by atoms with Gasteiger partial charge in [-0.05, 0) is 64.8 Å². The lowest BCUT2D eigenvalue weighted by Gasteiger charge is -2.36. The van der Waals surface area contributed by atoms with Gasteiger partial charge in [0, 0.05) is 80.0 Å². The molecular weight excluding hydrogens is 438 g/mol. The Kier molecular flexibility index (Phi) is 5.92. The molecule has 3 aromatic rings. The van der Waals surface area contributed by atoms with Crippen molar-refractivity contribution in [2.45, 2.75) is 51.5 Å². The van der Waals surface area contributed by atoms with E-state index in [0.717, 1.165) is 87.4 Å². The van der Waals surface area contributed by atoms with Crippen molar-refractivity contribution in [2.24, 2.45) is 5.92 Å². The number of carbonyl (C=O) groups is 1. The van der Waals surface area contributed by atoms with E-state index in [0.29, 0.717) is 23.8 Å². The molecule has 3 fully saturated rings. The van der Waals surface area contributed by atoms with Crippen LogP contribution in [-0.4, -0.2) is 80.6 Å². The number of likely N-dealkylation sites (tertiary alicyclic amines) is 1. The van der Waals surface area contributed by atoms with Crippen molar-refractivity contribution in [2.75, 3.05) is 44.2 Å². The van der Waals surface area contributed by atoms with Gasteiger partial charge in [0.2, 0.25) is 5.91 Å². The average molecular weight is 474 g/mol. The first-order valence-electron chi connectivity index (χ1n) is 13.1. The Hall–Kier alpha value is -3.00. The van der Waals surface area contributed by atoms with Crippen molar-refractivity contribution in [3.63, 3.8) is 0 Å². The van der Waals surface area contributed by atoms with Crippen LogP contribution in [0.1, 0.15) is 51.3 Å². The Morgan fingerprint density at radius 3 is 2.31 bits per heavy atom. The zero-order chi connectivity index (χ0) is 23.9. The van der Waals surface area contributed by atoms with Crippen molar-refractivity contribution in [1.29, 1.82) is 0 Å². The van der Waals surface area contributed by atoms with Crippen LogP contribution in [0.5, 0.6) is 0 Å². The van der Waals surface area contributed by atoms with E-state index in [1.165, 1.54) is 5.69 Å². The maximum absolute atomic E-state index is 12.4. The smallest absolute Gasteiger partial charge is 0.225 e. The summed E-state index contributed by atoms with van der Waals surface area (Å²) in [6, 6.07) is 4.88. The van der Waals surface area contributed by atoms with Crippen LogP contribution in [0.3, 0.4) is 0 Å². The molecule has 35 heavy (non-hydrogen) atoms. The molecule has 0 atom stereocenters. The molecule has 5 heterocycles. The van der Waals surface area contributed by atoms with Crippen molar-refractivity contribution >= 4 is 17.1 Å². The summed E-state index contributed by atoms with van der Waals surface area (Å²) < 4.78 is 1.95. The highest BCUT2D eigenvalue weighted by Crippen LogP contribution is 2.33. The summed E-state index contributed by atoms with van der Waals surface area (Å²) in [6.45, 7) is 10.1. The second kappa shape index (κ2) is 9.22. The van der Waals surface area contributed by atoms with Gasteiger partial charge >= 0.3 is 0 Å². The lowest BCUT2D eigenvalue weighted by Crippen LogP contribution is -2.49. The largest absolute Gasteiger partial charge is 0.366 e. The Morgan fingerprint density at radius 1 is 0.943 bits per heavy atom. The van der Waals surface area contributed by atoms with Crippen molar-refractivity contribution in [3.05, 3.63) is 42.7 Å². The summed E-state index contributed by atoms with van der Waals surface area (Å²) in [6.07, 6.45) is 12.2. The van der Waals surface area contributed by atoms with Gasteiger partial charge in [-0.1, -0.05) is 0 Å². The molecule has 3 aromatic heterocycles. The van der Waals surface area contributed by atoms with Gasteiger partial charge in [-0.15, -0.1) is 0 Å². The summed E-state index contributed by atoms with van der Waals surface area (Å²) in [5.74, 6) is 2.07. The van der Waals surface area contributed by atoms with Gasteiger partial charge in [-0.25, -0.2) is 14.5 Å².